The Hall–Kier alpha value is -1.32. The second-order valence-corrected chi connectivity index (χ2v) is 5.22. The molecule has 0 aliphatic heterocycles. The zero-order valence-corrected chi connectivity index (χ0v) is 12.3. The number of nitrogens with zero attached hydrogens (tertiary/aromatic N) is 2. The fraction of sp³-hybridized carbons (Fsp3) is 0.733. The third-order valence-corrected chi connectivity index (χ3v) is 3.59. The minimum Gasteiger partial charge on any atom is -0.474 e. The highest BCUT2D eigenvalue weighted by molar-refractivity contribution is 5.48. The Kier molecular flexibility index (Phi) is 5.00. The Balaban J connectivity index is 2.19. The maximum atomic E-state index is 6.08. The highest BCUT2D eigenvalue weighted by atomic mass is 16.5. The van der Waals surface area contributed by atoms with Gasteiger partial charge in [0.15, 0.2) is 0 Å². The first-order chi connectivity index (χ1) is 9.24. The van der Waals surface area contributed by atoms with Crippen molar-refractivity contribution in [1.82, 2.24) is 9.97 Å². The summed E-state index contributed by atoms with van der Waals surface area (Å²) >= 11 is 0. The topological polar surface area (TPSA) is 47.0 Å². The molecule has 0 radical (unpaired) electrons. The van der Waals surface area contributed by atoms with Crippen LogP contribution in [0.2, 0.25) is 0 Å². The number of rotatable bonds is 6. The SMILES string of the molecule is CCCNc1nc(CC)nc(OC2CCCC2)c1C. The van der Waals surface area contributed by atoms with E-state index in [4.69, 9.17) is 4.74 Å². The molecule has 1 aliphatic carbocycles. The van der Waals surface area contributed by atoms with E-state index in [2.05, 4.69) is 29.1 Å². The Morgan fingerprint density at radius 2 is 1.95 bits per heavy atom. The van der Waals surface area contributed by atoms with Crippen LogP contribution in [0.4, 0.5) is 5.82 Å². The van der Waals surface area contributed by atoms with Gasteiger partial charge in [0.05, 0.1) is 5.56 Å². The van der Waals surface area contributed by atoms with Crippen molar-refractivity contribution in [3.05, 3.63) is 11.4 Å². The summed E-state index contributed by atoms with van der Waals surface area (Å²) in [7, 11) is 0. The van der Waals surface area contributed by atoms with Crippen LogP contribution < -0.4 is 10.1 Å². The van der Waals surface area contributed by atoms with Crippen LogP contribution >= 0.6 is 0 Å². The van der Waals surface area contributed by atoms with Gasteiger partial charge in [-0.1, -0.05) is 13.8 Å². The van der Waals surface area contributed by atoms with Crippen molar-refractivity contribution < 1.29 is 4.74 Å². The number of aryl methyl sites for hydroxylation is 1. The van der Waals surface area contributed by atoms with Crippen molar-refractivity contribution >= 4 is 5.82 Å². The van der Waals surface area contributed by atoms with Crippen molar-refractivity contribution in [2.45, 2.75) is 65.4 Å². The minimum absolute atomic E-state index is 0.345. The van der Waals surface area contributed by atoms with Crippen molar-refractivity contribution in [2.75, 3.05) is 11.9 Å². The molecular weight excluding hydrogens is 238 g/mol. The van der Waals surface area contributed by atoms with Crippen LogP contribution in [0.25, 0.3) is 0 Å². The quantitative estimate of drug-likeness (QED) is 0.853. The molecule has 19 heavy (non-hydrogen) atoms. The summed E-state index contributed by atoms with van der Waals surface area (Å²) in [6, 6.07) is 0. The van der Waals surface area contributed by atoms with Gasteiger partial charge in [-0.05, 0) is 39.0 Å². The Labute approximate surface area is 116 Å². The molecule has 1 N–H and O–H groups in total. The second-order valence-electron chi connectivity index (χ2n) is 5.22. The van der Waals surface area contributed by atoms with Crippen LogP contribution in [0.5, 0.6) is 5.88 Å². The van der Waals surface area contributed by atoms with Gasteiger partial charge in [-0.2, -0.15) is 4.98 Å². The van der Waals surface area contributed by atoms with E-state index >= 15 is 0 Å². The van der Waals surface area contributed by atoms with Gasteiger partial charge >= 0.3 is 0 Å². The normalized spacial score (nSPS) is 15.7. The summed E-state index contributed by atoms with van der Waals surface area (Å²) in [6.07, 6.45) is 7.13. The van der Waals surface area contributed by atoms with E-state index in [1.807, 2.05) is 6.92 Å². The lowest BCUT2D eigenvalue weighted by Crippen LogP contribution is -2.15. The van der Waals surface area contributed by atoms with E-state index in [1.54, 1.807) is 0 Å². The highest BCUT2D eigenvalue weighted by Crippen LogP contribution is 2.28. The predicted octanol–water partition coefficient (Wildman–Crippen LogP) is 3.49. The highest BCUT2D eigenvalue weighted by Gasteiger charge is 2.20. The number of hydrogen-bond acceptors (Lipinski definition) is 4. The van der Waals surface area contributed by atoms with Crippen molar-refractivity contribution in [3.8, 4) is 5.88 Å². The zero-order chi connectivity index (χ0) is 13.7. The second kappa shape index (κ2) is 6.73. The summed E-state index contributed by atoms with van der Waals surface area (Å²) in [4.78, 5) is 9.11. The molecule has 2 rings (SSSR count). The van der Waals surface area contributed by atoms with Crippen LogP contribution in [0, 0.1) is 6.92 Å². The summed E-state index contributed by atoms with van der Waals surface area (Å²) < 4.78 is 6.08. The van der Waals surface area contributed by atoms with Crippen LogP contribution in [0.15, 0.2) is 0 Å². The number of aromatic nitrogens is 2. The monoisotopic (exact) mass is 263 g/mol. The van der Waals surface area contributed by atoms with Crippen molar-refractivity contribution in [2.24, 2.45) is 0 Å². The van der Waals surface area contributed by atoms with E-state index < -0.39 is 0 Å². The van der Waals surface area contributed by atoms with Gasteiger partial charge in [0.2, 0.25) is 5.88 Å². The van der Waals surface area contributed by atoms with Crippen LogP contribution in [-0.2, 0) is 6.42 Å². The Morgan fingerprint density at radius 3 is 2.58 bits per heavy atom. The lowest BCUT2D eigenvalue weighted by atomic mass is 10.2. The van der Waals surface area contributed by atoms with Crippen LogP contribution in [-0.4, -0.2) is 22.6 Å². The van der Waals surface area contributed by atoms with Gasteiger partial charge in [-0.15, -0.1) is 0 Å². The number of hydrogen-bond donors (Lipinski definition) is 1. The van der Waals surface area contributed by atoms with Crippen LogP contribution in [0.1, 0.15) is 57.3 Å². The molecule has 0 spiro atoms. The van der Waals surface area contributed by atoms with Crippen LogP contribution in [0.3, 0.4) is 0 Å². The number of ether oxygens (including phenoxy) is 1. The third-order valence-electron chi connectivity index (χ3n) is 3.59. The fourth-order valence-electron chi connectivity index (χ4n) is 2.39. The van der Waals surface area contributed by atoms with Gasteiger partial charge < -0.3 is 10.1 Å². The average molecular weight is 263 g/mol. The van der Waals surface area contributed by atoms with Gasteiger partial charge in [-0.25, -0.2) is 4.98 Å². The molecule has 1 aliphatic rings. The van der Waals surface area contributed by atoms with Gasteiger partial charge in [0.1, 0.15) is 17.7 Å². The van der Waals surface area contributed by atoms with Gasteiger partial charge in [-0.3, -0.25) is 0 Å². The Morgan fingerprint density at radius 1 is 1.21 bits per heavy atom. The van der Waals surface area contributed by atoms with E-state index in [0.717, 1.165) is 55.3 Å². The number of anilines is 1. The largest absolute Gasteiger partial charge is 0.474 e. The van der Waals surface area contributed by atoms with Crippen molar-refractivity contribution in [1.29, 1.82) is 0 Å². The van der Waals surface area contributed by atoms with Crippen molar-refractivity contribution in [3.63, 3.8) is 0 Å². The lowest BCUT2D eigenvalue weighted by molar-refractivity contribution is 0.199. The first-order valence-electron chi connectivity index (χ1n) is 7.52. The molecular formula is C15H25N3O. The molecule has 1 aromatic rings. The molecule has 4 heteroatoms. The summed E-state index contributed by atoms with van der Waals surface area (Å²) in [5.41, 5.74) is 1.04. The molecule has 4 nitrogen and oxygen atoms in total. The molecule has 1 fully saturated rings. The van der Waals surface area contributed by atoms with Gasteiger partial charge in [0, 0.05) is 13.0 Å². The van der Waals surface area contributed by atoms with E-state index in [-0.39, 0.29) is 0 Å². The molecule has 106 valence electrons. The molecule has 1 saturated carbocycles. The average Bonchev–Trinajstić information content (AvgIpc) is 2.92. The summed E-state index contributed by atoms with van der Waals surface area (Å²) in [6.45, 7) is 7.21. The van der Waals surface area contributed by atoms with E-state index in [1.165, 1.54) is 12.8 Å². The predicted molar refractivity (Wildman–Crippen MR) is 77.8 cm³/mol. The fourth-order valence-corrected chi connectivity index (χ4v) is 2.39. The lowest BCUT2D eigenvalue weighted by Gasteiger charge is -2.17. The first-order valence-corrected chi connectivity index (χ1v) is 7.52. The standard InChI is InChI=1S/C15H25N3O/c1-4-10-16-14-11(3)15(18-13(5-2)17-14)19-12-8-6-7-9-12/h12H,4-10H2,1-3H3,(H,16,17,18). The molecule has 0 unspecified atom stereocenters. The molecule has 0 amide bonds. The molecule has 0 saturated heterocycles. The zero-order valence-electron chi connectivity index (χ0n) is 12.3. The minimum atomic E-state index is 0.345. The van der Waals surface area contributed by atoms with E-state index in [0.29, 0.717) is 6.10 Å². The molecule has 1 aromatic heterocycles. The van der Waals surface area contributed by atoms with E-state index in [9.17, 15) is 0 Å². The first kappa shape index (κ1) is 14.1. The smallest absolute Gasteiger partial charge is 0.222 e. The number of nitrogens with one attached hydrogen (secondary N) is 1. The maximum absolute atomic E-state index is 6.08. The third kappa shape index (κ3) is 3.58. The molecule has 0 atom stereocenters. The molecule has 0 aromatic carbocycles. The summed E-state index contributed by atoms with van der Waals surface area (Å²) in [5.74, 6) is 2.57. The molecule has 0 bridgehead atoms. The molecule has 1 heterocycles. The summed E-state index contributed by atoms with van der Waals surface area (Å²) in [5, 5.41) is 3.37. The van der Waals surface area contributed by atoms with Gasteiger partial charge in [0.25, 0.3) is 0 Å². The Bertz CT molecular complexity index is 414. The maximum Gasteiger partial charge on any atom is 0.222 e.